The van der Waals surface area contributed by atoms with Crippen LogP contribution in [0.15, 0.2) is 0 Å². The molecule has 1 heterocycles. The summed E-state index contributed by atoms with van der Waals surface area (Å²) in [7, 11) is 2.05. The zero-order chi connectivity index (χ0) is 8.81. The Morgan fingerprint density at radius 2 is 2.17 bits per heavy atom. The molecule has 0 amide bonds. The molecule has 1 fully saturated rings. The van der Waals surface area contributed by atoms with Gasteiger partial charge in [0.2, 0.25) is 0 Å². The molecule has 0 radical (unpaired) electrons. The number of ether oxygens (including phenoxy) is 1. The number of hydrogen-bond acceptors (Lipinski definition) is 3. The molecule has 3 heteroatoms. The second-order valence-corrected chi connectivity index (χ2v) is 3.80. The Balaban J connectivity index is 2.29. The van der Waals surface area contributed by atoms with E-state index < -0.39 is 0 Å². The predicted octanol–water partition coefficient (Wildman–Crippen LogP) is 1.32. The van der Waals surface area contributed by atoms with E-state index >= 15 is 0 Å². The lowest BCUT2D eigenvalue weighted by Crippen LogP contribution is -2.37. The van der Waals surface area contributed by atoms with Crippen molar-refractivity contribution in [1.82, 2.24) is 5.32 Å². The molecule has 0 bridgehead atoms. The van der Waals surface area contributed by atoms with Gasteiger partial charge in [0.05, 0.1) is 0 Å². The minimum atomic E-state index is 0.645. The molecule has 0 aliphatic carbocycles. The van der Waals surface area contributed by atoms with Crippen LogP contribution in [0, 0.1) is 5.92 Å². The first-order chi connectivity index (χ1) is 5.88. The topological polar surface area (TPSA) is 21.3 Å². The normalized spacial score (nSPS) is 22.5. The molecule has 12 heavy (non-hydrogen) atoms. The lowest BCUT2D eigenvalue weighted by Gasteiger charge is -2.29. The van der Waals surface area contributed by atoms with Crippen LogP contribution in [0.1, 0.15) is 19.3 Å². The van der Waals surface area contributed by atoms with Crippen LogP contribution >= 0.6 is 12.6 Å². The molecule has 1 unspecified atom stereocenters. The maximum atomic E-state index is 5.33. The van der Waals surface area contributed by atoms with Gasteiger partial charge in [-0.25, -0.2) is 0 Å². The molecule has 72 valence electrons. The van der Waals surface area contributed by atoms with Gasteiger partial charge in [0, 0.05) is 19.3 Å². The van der Waals surface area contributed by atoms with Crippen molar-refractivity contribution in [2.24, 2.45) is 5.92 Å². The fourth-order valence-electron chi connectivity index (χ4n) is 1.87. The maximum Gasteiger partial charge on any atom is 0.0469 e. The summed E-state index contributed by atoms with van der Waals surface area (Å²) in [5.74, 6) is 1.78. The fraction of sp³-hybridized carbons (Fsp3) is 1.00. The third-order valence-electron chi connectivity index (χ3n) is 2.65. The molecule has 0 aromatic rings. The average Bonchev–Trinajstić information content (AvgIpc) is 2.15. The van der Waals surface area contributed by atoms with Crippen LogP contribution in [0.4, 0.5) is 0 Å². The molecule has 0 aromatic carbocycles. The SMILES string of the molecule is CNC(CCS)C1CCOCC1. The Labute approximate surface area is 80.5 Å². The van der Waals surface area contributed by atoms with Crippen LogP contribution in [-0.2, 0) is 4.74 Å². The molecule has 1 rings (SSSR count). The summed E-state index contributed by atoms with van der Waals surface area (Å²) in [5, 5.41) is 3.37. The Hall–Kier alpha value is 0.270. The Kier molecular flexibility index (Phi) is 5.04. The van der Waals surface area contributed by atoms with Crippen LogP contribution in [0.25, 0.3) is 0 Å². The van der Waals surface area contributed by atoms with Crippen molar-refractivity contribution in [3.63, 3.8) is 0 Å². The van der Waals surface area contributed by atoms with Gasteiger partial charge in [0.25, 0.3) is 0 Å². The van der Waals surface area contributed by atoms with Crippen LogP contribution in [0.2, 0.25) is 0 Å². The summed E-state index contributed by atoms with van der Waals surface area (Å²) in [6.45, 7) is 1.88. The molecule has 1 atom stereocenters. The first-order valence-corrected chi connectivity index (χ1v) is 5.37. The van der Waals surface area contributed by atoms with E-state index in [0.717, 1.165) is 24.9 Å². The highest BCUT2D eigenvalue weighted by Gasteiger charge is 2.21. The van der Waals surface area contributed by atoms with Gasteiger partial charge in [-0.05, 0) is 38.0 Å². The lowest BCUT2D eigenvalue weighted by atomic mass is 9.90. The van der Waals surface area contributed by atoms with Gasteiger partial charge in [0.1, 0.15) is 0 Å². The van der Waals surface area contributed by atoms with Crippen LogP contribution in [0.5, 0.6) is 0 Å². The van der Waals surface area contributed by atoms with Crippen molar-refractivity contribution in [3.8, 4) is 0 Å². The predicted molar refractivity (Wildman–Crippen MR) is 54.9 cm³/mol. The Bertz CT molecular complexity index is 112. The minimum Gasteiger partial charge on any atom is -0.381 e. The van der Waals surface area contributed by atoms with E-state index in [1.165, 1.54) is 19.3 Å². The van der Waals surface area contributed by atoms with Crippen molar-refractivity contribution in [2.75, 3.05) is 26.0 Å². The van der Waals surface area contributed by atoms with Gasteiger partial charge in [-0.2, -0.15) is 12.6 Å². The summed E-state index contributed by atoms with van der Waals surface area (Å²) in [5.41, 5.74) is 0. The van der Waals surface area contributed by atoms with Crippen LogP contribution in [0.3, 0.4) is 0 Å². The average molecular weight is 189 g/mol. The molecule has 1 aliphatic heterocycles. The van der Waals surface area contributed by atoms with Crippen LogP contribution in [-0.4, -0.2) is 32.1 Å². The molecule has 0 saturated carbocycles. The Morgan fingerprint density at radius 1 is 1.50 bits per heavy atom. The minimum absolute atomic E-state index is 0.645. The first-order valence-electron chi connectivity index (χ1n) is 4.74. The summed E-state index contributed by atoms with van der Waals surface area (Å²) in [4.78, 5) is 0. The zero-order valence-electron chi connectivity index (χ0n) is 7.75. The van der Waals surface area contributed by atoms with E-state index in [1.54, 1.807) is 0 Å². The summed E-state index contributed by atoms with van der Waals surface area (Å²) in [6.07, 6.45) is 3.59. The monoisotopic (exact) mass is 189 g/mol. The summed E-state index contributed by atoms with van der Waals surface area (Å²) in [6, 6.07) is 0.645. The van der Waals surface area contributed by atoms with Crippen LogP contribution < -0.4 is 5.32 Å². The third kappa shape index (κ3) is 2.96. The second kappa shape index (κ2) is 5.84. The largest absolute Gasteiger partial charge is 0.381 e. The van der Waals surface area contributed by atoms with E-state index in [2.05, 4.69) is 17.9 Å². The van der Waals surface area contributed by atoms with Crippen molar-refractivity contribution < 1.29 is 4.74 Å². The quantitative estimate of drug-likeness (QED) is 0.651. The number of rotatable bonds is 4. The molecule has 1 aliphatic rings. The Morgan fingerprint density at radius 3 is 2.67 bits per heavy atom. The van der Waals surface area contributed by atoms with Gasteiger partial charge in [-0.15, -0.1) is 0 Å². The van der Waals surface area contributed by atoms with Gasteiger partial charge in [-0.3, -0.25) is 0 Å². The van der Waals surface area contributed by atoms with E-state index in [0.29, 0.717) is 6.04 Å². The molecule has 2 nitrogen and oxygen atoms in total. The highest BCUT2D eigenvalue weighted by molar-refractivity contribution is 7.80. The fourth-order valence-corrected chi connectivity index (χ4v) is 2.15. The van der Waals surface area contributed by atoms with E-state index in [4.69, 9.17) is 4.74 Å². The zero-order valence-corrected chi connectivity index (χ0v) is 8.65. The van der Waals surface area contributed by atoms with Crippen molar-refractivity contribution >= 4 is 12.6 Å². The molecule has 0 aromatic heterocycles. The summed E-state index contributed by atoms with van der Waals surface area (Å²) < 4.78 is 5.33. The van der Waals surface area contributed by atoms with Gasteiger partial charge in [0.15, 0.2) is 0 Å². The third-order valence-corrected chi connectivity index (χ3v) is 2.90. The second-order valence-electron chi connectivity index (χ2n) is 3.36. The van der Waals surface area contributed by atoms with E-state index in [9.17, 15) is 0 Å². The molecule has 1 N–H and O–H groups in total. The first kappa shape index (κ1) is 10.4. The number of nitrogens with one attached hydrogen (secondary N) is 1. The standard InChI is InChI=1S/C9H19NOS/c1-10-9(4-7-12)8-2-5-11-6-3-8/h8-10,12H,2-7H2,1H3. The lowest BCUT2D eigenvalue weighted by molar-refractivity contribution is 0.0544. The number of hydrogen-bond donors (Lipinski definition) is 2. The molecular formula is C9H19NOS. The van der Waals surface area contributed by atoms with Crippen molar-refractivity contribution in [1.29, 1.82) is 0 Å². The highest BCUT2D eigenvalue weighted by Crippen LogP contribution is 2.20. The van der Waals surface area contributed by atoms with Gasteiger partial charge in [-0.1, -0.05) is 0 Å². The van der Waals surface area contributed by atoms with Crippen molar-refractivity contribution in [3.05, 3.63) is 0 Å². The van der Waals surface area contributed by atoms with Gasteiger partial charge >= 0.3 is 0 Å². The molecule has 0 spiro atoms. The van der Waals surface area contributed by atoms with Crippen molar-refractivity contribution in [2.45, 2.75) is 25.3 Å². The van der Waals surface area contributed by atoms with E-state index in [1.807, 2.05) is 7.05 Å². The molecular weight excluding hydrogens is 170 g/mol. The highest BCUT2D eigenvalue weighted by atomic mass is 32.1. The maximum absolute atomic E-state index is 5.33. The van der Waals surface area contributed by atoms with E-state index in [-0.39, 0.29) is 0 Å². The number of thiol groups is 1. The van der Waals surface area contributed by atoms with Gasteiger partial charge < -0.3 is 10.1 Å². The smallest absolute Gasteiger partial charge is 0.0469 e. The summed E-state index contributed by atoms with van der Waals surface area (Å²) >= 11 is 4.26. The molecule has 1 saturated heterocycles.